The molecule has 8 aromatic carbocycles. The number of anilines is 3. The first-order valence-electron chi connectivity index (χ1n) is 16.7. The first-order chi connectivity index (χ1) is 24.3. The monoisotopic (exact) mass is 626 g/mol. The summed E-state index contributed by atoms with van der Waals surface area (Å²) < 4.78 is 8.71. The van der Waals surface area contributed by atoms with Crippen LogP contribution in [0.15, 0.2) is 186 Å². The first kappa shape index (κ1) is 27.5. The highest BCUT2D eigenvalue weighted by molar-refractivity contribution is 6.17. The van der Waals surface area contributed by atoms with Gasteiger partial charge in [0.1, 0.15) is 11.2 Å². The third-order valence-corrected chi connectivity index (χ3v) is 9.72. The van der Waals surface area contributed by atoms with Gasteiger partial charge in [-0.25, -0.2) is 0 Å². The van der Waals surface area contributed by atoms with E-state index in [2.05, 4.69) is 179 Å². The number of hydrogen-bond donors (Lipinski definition) is 0. The number of nitrogens with zero attached hydrogens (tertiary/aromatic N) is 2. The average molecular weight is 627 g/mol. The summed E-state index contributed by atoms with van der Waals surface area (Å²) in [4.78, 5) is 2.42. The van der Waals surface area contributed by atoms with Crippen LogP contribution < -0.4 is 4.90 Å². The molecule has 2 aromatic heterocycles. The Hall–Kier alpha value is -6.58. The van der Waals surface area contributed by atoms with E-state index < -0.39 is 0 Å². The fourth-order valence-electron chi connectivity index (χ4n) is 7.52. The van der Waals surface area contributed by atoms with Gasteiger partial charge >= 0.3 is 0 Å². The van der Waals surface area contributed by atoms with Crippen LogP contribution in [-0.4, -0.2) is 4.57 Å². The maximum Gasteiger partial charge on any atom is 0.136 e. The molecule has 2 heterocycles. The summed E-state index contributed by atoms with van der Waals surface area (Å²) in [6.07, 6.45) is 0. The first-order valence-corrected chi connectivity index (χ1v) is 16.7. The van der Waals surface area contributed by atoms with E-state index in [-0.39, 0.29) is 0 Å². The summed E-state index contributed by atoms with van der Waals surface area (Å²) in [5.74, 6) is 0. The minimum Gasteiger partial charge on any atom is -0.456 e. The van der Waals surface area contributed by atoms with E-state index in [1.807, 2.05) is 12.1 Å². The largest absolute Gasteiger partial charge is 0.456 e. The molecule has 0 radical (unpaired) electrons. The van der Waals surface area contributed by atoms with Crippen LogP contribution in [0.2, 0.25) is 0 Å². The quantitative estimate of drug-likeness (QED) is 0.190. The van der Waals surface area contributed by atoms with Crippen LogP contribution in [0.25, 0.3) is 71.3 Å². The van der Waals surface area contributed by atoms with Gasteiger partial charge in [-0.05, 0) is 94.7 Å². The van der Waals surface area contributed by atoms with E-state index in [4.69, 9.17) is 4.42 Å². The van der Waals surface area contributed by atoms with Crippen LogP contribution >= 0.6 is 0 Å². The van der Waals surface area contributed by atoms with Crippen molar-refractivity contribution in [2.45, 2.75) is 0 Å². The van der Waals surface area contributed by atoms with Gasteiger partial charge in [-0.1, -0.05) is 109 Å². The maximum absolute atomic E-state index is 6.33. The molecule has 10 rings (SSSR count). The summed E-state index contributed by atoms with van der Waals surface area (Å²) in [5.41, 5.74) is 11.0. The molecule has 0 aliphatic carbocycles. The predicted molar refractivity (Wildman–Crippen MR) is 206 cm³/mol. The van der Waals surface area contributed by atoms with Gasteiger partial charge in [-0.15, -0.1) is 0 Å². The second-order valence-corrected chi connectivity index (χ2v) is 12.6. The number of rotatable bonds is 5. The zero-order valence-corrected chi connectivity index (χ0v) is 26.6. The van der Waals surface area contributed by atoms with E-state index in [0.29, 0.717) is 0 Å². The fraction of sp³-hybridized carbons (Fsp3) is 0. The van der Waals surface area contributed by atoms with Crippen LogP contribution in [0.4, 0.5) is 17.1 Å². The molecule has 0 saturated heterocycles. The lowest BCUT2D eigenvalue weighted by Crippen LogP contribution is -2.10. The van der Waals surface area contributed by atoms with E-state index in [9.17, 15) is 0 Å². The fourth-order valence-corrected chi connectivity index (χ4v) is 7.52. The summed E-state index contributed by atoms with van der Waals surface area (Å²) in [6.45, 7) is 0. The Morgan fingerprint density at radius 2 is 1.10 bits per heavy atom. The number of hydrogen-bond acceptors (Lipinski definition) is 2. The molecule has 0 saturated carbocycles. The second kappa shape index (κ2) is 11.0. The van der Waals surface area contributed by atoms with Crippen molar-refractivity contribution < 1.29 is 4.42 Å². The van der Waals surface area contributed by atoms with E-state index in [0.717, 1.165) is 50.1 Å². The van der Waals surface area contributed by atoms with Gasteiger partial charge in [-0.3, -0.25) is 0 Å². The Morgan fingerprint density at radius 1 is 0.408 bits per heavy atom. The second-order valence-electron chi connectivity index (χ2n) is 12.6. The Labute approximate surface area is 283 Å². The molecule has 0 aliphatic heterocycles. The number of fused-ring (bicyclic) bond motifs is 7. The number of benzene rings is 8. The Morgan fingerprint density at radius 3 is 1.98 bits per heavy atom. The normalized spacial score (nSPS) is 11.7. The number of furan rings is 1. The molecule has 3 heteroatoms. The van der Waals surface area contributed by atoms with Gasteiger partial charge in [0, 0.05) is 38.6 Å². The molecule has 10 aromatic rings. The summed E-state index contributed by atoms with van der Waals surface area (Å²) >= 11 is 0. The Bertz CT molecular complexity index is 2830. The SMILES string of the molecule is c1ccc(-c2cccc(N(c3ccc4cc5c(cc4c3)oc3ccccc35)c3cccc4c3c3ccccc3n4-c3ccccc3)c2)cc1. The van der Waals surface area contributed by atoms with Crippen molar-refractivity contribution in [1.82, 2.24) is 4.57 Å². The highest BCUT2D eigenvalue weighted by Crippen LogP contribution is 2.45. The minimum atomic E-state index is 0.900. The van der Waals surface area contributed by atoms with Crippen LogP contribution in [0.3, 0.4) is 0 Å². The van der Waals surface area contributed by atoms with Gasteiger partial charge in [0.15, 0.2) is 0 Å². The number of aromatic nitrogens is 1. The molecular formula is C46H30N2O. The lowest BCUT2D eigenvalue weighted by Gasteiger charge is -2.27. The molecule has 3 nitrogen and oxygen atoms in total. The van der Waals surface area contributed by atoms with Crippen LogP contribution in [0.1, 0.15) is 0 Å². The van der Waals surface area contributed by atoms with E-state index in [1.165, 1.54) is 38.3 Å². The van der Waals surface area contributed by atoms with E-state index in [1.54, 1.807) is 0 Å². The standard InChI is InChI=1S/C46H30N2O/c1-3-13-31(14-4-1)32-15-11-18-36(27-32)47(37-26-25-33-29-40-38-19-8-10-24-44(38)49-45(40)30-34(33)28-37)42-22-12-23-43-46(42)39-20-7-9-21-41(39)48(43)35-16-5-2-6-17-35/h1-30H. The summed E-state index contributed by atoms with van der Waals surface area (Å²) in [6, 6.07) is 65.1. The molecule has 0 atom stereocenters. The van der Waals surface area contributed by atoms with Crippen molar-refractivity contribution in [2.24, 2.45) is 0 Å². The highest BCUT2D eigenvalue weighted by Gasteiger charge is 2.22. The van der Waals surface area contributed by atoms with Crippen molar-refractivity contribution in [2.75, 3.05) is 4.90 Å². The number of para-hydroxylation sites is 3. The zero-order valence-electron chi connectivity index (χ0n) is 26.6. The molecule has 49 heavy (non-hydrogen) atoms. The topological polar surface area (TPSA) is 21.3 Å². The molecule has 0 fully saturated rings. The van der Waals surface area contributed by atoms with E-state index >= 15 is 0 Å². The van der Waals surface area contributed by atoms with Crippen molar-refractivity contribution in [1.29, 1.82) is 0 Å². The molecule has 0 bridgehead atoms. The lowest BCUT2D eigenvalue weighted by molar-refractivity contribution is 0.669. The van der Waals surface area contributed by atoms with Crippen LogP contribution in [-0.2, 0) is 0 Å². The third kappa shape index (κ3) is 4.44. The van der Waals surface area contributed by atoms with Crippen molar-refractivity contribution in [3.05, 3.63) is 182 Å². The molecular weight excluding hydrogens is 597 g/mol. The van der Waals surface area contributed by atoms with Gasteiger partial charge < -0.3 is 13.9 Å². The van der Waals surface area contributed by atoms with Crippen LogP contribution in [0.5, 0.6) is 0 Å². The molecule has 230 valence electrons. The smallest absolute Gasteiger partial charge is 0.136 e. The molecule has 0 unspecified atom stereocenters. The molecule has 0 aliphatic rings. The molecule has 0 amide bonds. The average Bonchev–Trinajstić information content (AvgIpc) is 3.70. The van der Waals surface area contributed by atoms with Crippen LogP contribution in [0, 0.1) is 0 Å². The highest BCUT2D eigenvalue weighted by atomic mass is 16.3. The Kier molecular flexibility index (Phi) is 6.18. The molecule has 0 spiro atoms. The molecule has 0 N–H and O–H groups in total. The zero-order chi connectivity index (χ0) is 32.3. The van der Waals surface area contributed by atoms with Crippen molar-refractivity contribution in [3.63, 3.8) is 0 Å². The van der Waals surface area contributed by atoms with Gasteiger partial charge in [-0.2, -0.15) is 0 Å². The van der Waals surface area contributed by atoms with Gasteiger partial charge in [0.2, 0.25) is 0 Å². The predicted octanol–water partition coefficient (Wildman–Crippen LogP) is 13.0. The summed E-state index contributed by atoms with van der Waals surface area (Å²) in [5, 5.41) is 7.02. The Balaban J connectivity index is 1.25. The third-order valence-electron chi connectivity index (χ3n) is 9.72. The lowest BCUT2D eigenvalue weighted by atomic mass is 10.0. The summed E-state index contributed by atoms with van der Waals surface area (Å²) in [7, 11) is 0. The van der Waals surface area contributed by atoms with Crippen molar-refractivity contribution in [3.8, 4) is 16.8 Å². The maximum atomic E-state index is 6.33. The minimum absolute atomic E-state index is 0.900. The van der Waals surface area contributed by atoms with Gasteiger partial charge in [0.05, 0.1) is 16.7 Å². The van der Waals surface area contributed by atoms with Gasteiger partial charge in [0.25, 0.3) is 0 Å². The van der Waals surface area contributed by atoms with Crippen molar-refractivity contribution >= 4 is 71.6 Å².